The van der Waals surface area contributed by atoms with Crippen LogP contribution >= 0.6 is 0 Å². The molecular weight excluding hydrogens is 457 g/mol. The van der Waals surface area contributed by atoms with Crippen LogP contribution in [0.5, 0.6) is 0 Å². The van der Waals surface area contributed by atoms with Crippen LogP contribution in [0.2, 0.25) is 0 Å². The number of nitrogens with one attached hydrogen (secondary N) is 3. The van der Waals surface area contributed by atoms with E-state index < -0.39 is 6.23 Å². The number of benzene rings is 2. The molecule has 8 nitrogen and oxygen atoms in total. The Kier molecular flexibility index (Phi) is 5.38. The maximum Gasteiger partial charge on any atom is 0.159 e. The van der Waals surface area contributed by atoms with Crippen molar-refractivity contribution in [3.05, 3.63) is 79.0 Å². The van der Waals surface area contributed by atoms with Crippen LogP contribution in [-0.2, 0) is 0 Å². The molecule has 36 heavy (non-hydrogen) atoms. The van der Waals surface area contributed by atoms with Crippen molar-refractivity contribution >= 4 is 27.6 Å². The molecule has 0 aliphatic heterocycles. The van der Waals surface area contributed by atoms with Gasteiger partial charge in [-0.1, -0.05) is 31.2 Å². The summed E-state index contributed by atoms with van der Waals surface area (Å²) >= 11 is 0. The average Bonchev–Trinajstić information content (AvgIpc) is 3.52. The summed E-state index contributed by atoms with van der Waals surface area (Å²) < 4.78 is 13.9. The third kappa shape index (κ3) is 3.95. The van der Waals surface area contributed by atoms with E-state index in [1.807, 2.05) is 43.3 Å². The van der Waals surface area contributed by atoms with Gasteiger partial charge in [0.2, 0.25) is 0 Å². The largest absolute Gasteiger partial charge is 0.374 e. The van der Waals surface area contributed by atoms with Crippen LogP contribution in [0.25, 0.3) is 55.8 Å². The SMILES string of the molecule is CCC(O)Nc1cncc(-c2cc3c(-c4nc5c(-c6cccc(F)c6)cccc5[nH]4)n[nH]c3cn2)c1. The number of H-pyrrole nitrogens is 2. The molecule has 0 aliphatic rings. The van der Waals surface area contributed by atoms with Gasteiger partial charge < -0.3 is 15.4 Å². The van der Waals surface area contributed by atoms with Gasteiger partial charge in [0.1, 0.15) is 17.7 Å². The maximum atomic E-state index is 13.9. The normalized spacial score (nSPS) is 12.3. The Hall–Kier alpha value is -4.63. The van der Waals surface area contributed by atoms with Gasteiger partial charge in [-0.3, -0.25) is 15.1 Å². The lowest BCUT2D eigenvalue weighted by Crippen LogP contribution is -2.16. The van der Waals surface area contributed by atoms with Crippen molar-refractivity contribution in [2.45, 2.75) is 19.6 Å². The van der Waals surface area contributed by atoms with Crippen molar-refractivity contribution < 1.29 is 9.50 Å². The number of hydrogen-bond acceptors (Lipinski definition) is 6. The maximum absolute atomic E-state index is 13.9. The number of aliphatic hydroxyl groups excluding tert-OH is 1. The second kappa shape index (κ2) is 8.86. The van der Waals surface area contributed by atoms with E-state index in [1.54, 1.807) is 24.7 Å². The highest BCUT2D eigenvalue weighted by Gasteiger charge is 2.16. The monoisotopic (exact) mass is 479 g/mol. The number of aromatic amines is 2. The Labute approximate surface area is 205 Å². The molecule has 6 rings (SSSR count). The molecule has 0 bridgehead atoms. The van der Waals surface area contributed by atoms with Crippen molar-refractivity contribution in [3.63, 3.8) is 0 Å². The van der Waals surface area contributed by atoms with Crippen LogP contribution in [0.3, 0.4) is 0 Å². The molecule has 4 aromatic heterocycles. The van der Waals surface area contributed by atoms with Crippen LogP contribution in [0.1, 0.15) is 13.3 Å². The lowest BCUT2D eigenvalue weighted by molar-refractivity contribution is 0.199. The zero-order chi connectivity index (χ0) is 24.6. The lowest BCUT2D eigenvalue weighted by atomic mass is 10.0. The van der Waals surface area contributed by atoms with Crippen molar-refractivity contribution in [3.8, 4) is 33.9 Å². The van der Waals surface area contributed by atoms with Crippen molar-refractivity contribution in [1.29, 1.82) is 0 Å². The van der Waals surface area contributed by atoms with E-state index in [0.29, 0.717) is 29.3 Å². The summed E-state index contributed by atoms with van der Waals surface area (Å²) in [5.74, 6) is 0.299. The number of anilines is 1. The lowest BCUT2D eigenvalue weighted by Gasteiger charge is -2.12. The molecule has 0 aliphatic carbocycles. The molecule has 1 atom stereocenters. The van der Waals surface area contributed by atoms with Crippen LogP contribution < -0.4 is 5.32 Å². The highest BCUT2D eigenvalue weighted by molar-refractivity contribution is 5.97. The molecule has 1 unspecified atom stereocenters. The summed E-state index contributed by atoms with van der Waals surface area (Å²) in [5, 5.41) is 21.3. The van der Waals surface area contributed by atoms with E-state index in [1.165, 1.54) is 12.1 Å². The first-order valence-electron chi connectivity index (χ1n) is 11.6. The van der Waals surface area contributed by atoms with Gasteiger partial charge in [-0.25, -0.2) is 9.37 Å². The van der Waals surface area contributed by atoms with Gasteiger partial charge in [0.25, 0.3) is 0 Å². The van der Waals surface area contributed by atoms with Crippen molar-refractivity contribution in [2.24, 2.45) is 0 Å². The first-order valence-corrected chi connectivity index (χ1v) is 11.6. The van der Waals surface area contributed by atoms with E-state index in [2.05, 4.69) is 30.5 Å². The van der Waals surface area contributed by atoms with Gasteiger partial charge in [0.05, 0.1) is 40.3 Å². The van der Waals surface area contributed by atoms with E-state index in [9.17, 15) is 9.50 Å². The van der Waals surface area contributed by atoms with E-state index >= 15 is 0 Å². The number of rotatable bonds is 6. The van der Waals surface area contributed by atoms with E-state index in [4.69, 9.17) is 4.98 Å². The number of aromatic nitrogens is 6. The summed E-state index contributed by atoms with van der Waals surface area (Å²) in [7, 11) is 0. The first kappa shape index (κ1) is 21.9. The minimum absolute atomic E-state index is 0.295. The summed E-state index contributed by atoms with van der Waals surface area (Å²) in [6.07, 6.45) is 5.04. The number of halogens is 1. The van der Waals surface area contributed by atoms with Gasteiger partial charge in [0.15, 0.2) is 5.82 Å². The van der Waals surface area contributed by atoms with Crippen LogP contribution in [0.15, 0.2) is 73.2 Å². The summed E-state index contributed by atoms with van der Waals surface area (Å²) in [4.78, 5) is 17.0. The Bertz CT molecular complexity index is 1710. The van der Waals surface area contributed by atoms with Gasteiger partial charge in [-0.05, 0) is 42.3 Å². The molecule has 0 saturated carbocycles. The number of fused-ring (bicyclic) bond motifs is 2. The zero-order valence-corrected chi connectivity index (χ0v) is 19.3. The fourth-order valence-electron chi connectivity index (χ4n) is 4.24. The number of nitrogens with zero attached hydrogens (tertiary/aromatic N) is 4. The minimum atomic E-state index is -0.650. The molecule has 4 heterocycles. The standard InChI is InChI=1S/C27H22FN7O/c1-2-24(36)31-18-10-16(12-29-13-18)22-11-20-23(14-30-22)34-35-26(20)27-32-21-8-4-7-19(25(21)33-27)15-5-3-6-17(28)9-15/h3-14,24,31,36H,2H2,1H3,(H,32,33)(H,34,35). The molecule has 0 amide bonds. The fourth-order valence-corrected chi connectivity index (χ4v) is 4.24. The molecule has 4 N–H and O–H groups in total. The Balaban J connectivity index is 1.43. The van der Waals surface area contributed by atoms with Gasteiger partial charge in [-0.2, -0.15) is 5.10 Å². The van der Waals surface area contributed by atoms with Crippen molar-refractivity contribution in [2.75, 3.05) is 5.32 Å². The highest BCUT2D eigenvalue weighted by Crippen LogP contribution is 2.33. The molecule has 6 aromatic rings. The number of para-hydroxylation sites is 1. The Morgan fingerprint density at radius 1 is 1.00 bits per heavy atom. The third-order valence-electron chi connectivity index (χ3n) is 6.07. The third-order valence-corrected chi connectivity index (χ3v) is 6.07. The average molecular weight is 480 g/mol. The van der Waals surface area contributed by atoms with Crippen LogP contribution in [0.4, 0.5) is 10.1 Å². The van der Waals surface area contributed by atoms with Gasteiger partial charge in [-0.15, -0.1) is 0 Å². The Morgan fingerprint density at radius 3 is 2.75 bits per heavy atom. The Morgan fingerprint density at radius 2 is 1.89 bits per heavy atom. The summed E-state index contributed by atoms with van der Waals surface area (Å²) in [6.45, 7) is 1.89. The number of aliphatic hydroxyl groups is 1. The van der Waals surface area contributed by atoms with Crippen LogP contribution in [-0.4, -0.2) is 41.5 Å². The van der Waals surface area contributed by atoms with Gasteiger partial charge in [0, 0.05) is 22.7 Å². The molecule has 0 radical (unpaired) electrons. The number of pyridine rings is 2. The molecule has 2 aromatic carbocycles. The first-order chi connectivity index (χ1) is 17.6. The zero-order valence-electron chi connectivity index (χ0n) is 19.3. The molecule has 0 spiro atoms. The predicted octanol–water partition coefficient (Wildman–Crippen LogP) is 5.51. The predicted molar refractivity (Wildman–Crippen MR) is 138 cm³/mol. The molecule has 178 valence electrons. The molecule has 0 fully saturated rings. The number of imidazole rings is 1. The second-order valence-electron chi connectivity index (χ2n) is 8.52. The van der Waals surface area contributed by atoms with E-state index in [-0.39, 0.29) is 5.82 Å². The second-order valence-corrected chi connectivity index (χ2v) is 8.52. The summed E-state index contributed by atoms with van der Waals surface area (Å²) in [5.41, 5.74) is 6.79. The highest BCUT2D eigenvalue weighted by atomic mass is 19.1. The molecule has 0 saturated heterocycles. The molecular formula is C27H22FN7O. The van der Waals surface area contributed by atoms with Gasteiger partial charge >= 0.3 is 0 Å². The molecule has 9 heteroatoms. The van der Waals surface area contributed by atoms with Crippen molar-refractivity contribution in [1.82, 2.24) is 30.1 Å². The topological polar surface area (TPSA) is 115 Å². The number of hydrogen-bond donors (Lipinski definition) is 4. The van der Waals surface area contributed by atoms with Crippen LogP contribution in [0, 0.1) is 5.82 Å². The fraction of sp³-hybridized carbons (Fsp3) is 0.111. The quantitative estimate of drug-likeness (QED) is 0.234. The smallest absolute Gasteiger partial charge is 0.159 e. The summed E-state index contributed by atoms with van der Waals surface area (Å²) in [6, 6.07) is 16.1. The van der Waals surface area contributed by atoms with E-state index in [0.717, 1.165) is 38.6 Å². The minimum Gasteiger partial charge on any atom is -0.374 e.